The first-order chi connectivity index (χ1) is 7.24. The topological polar surface area (TPSA) is 51.1 Å². The number of rotatable bonds is 2. The van der Waals surface area contributed by atoms with Gasteiger partial charge in [-0.2, -0.15) is 5.26 Å². The van der Waals surface area contributed by atoms with Gasteiger partial charge >= 0.3 is 0 Å². The van der Waals surface area contributed by atoms with Gasteiger partial charge < -0.3 is 5.11 Å². The summed E-state index contributed by atoms with van der Waals surface area (Å²) in [6.45, 7) is 3.19. The molecule has 4 nitrogen and oxygen atoms in total. The lowest BCUT2D eigenvalue weighted by molar-refractivity contribution is -0.677. The fraction of sp³-hybridized carbons (Fsp3) is 0.455. The summed E-state index contributed by atoms with van der Waals surface area (Å²) in [7, 11) is 0. The van der Waals surface area contributed by atoms with E-state index in [-0.39, 0.29) is 0 Å². The summed E-state index contributed by atoms with van der Waals surface area (Å²) in [5.41, 5.74) is 1.13. The van der Waals surface area contributed by atoms with Crippen molar-refractivity contribution in [1.82, 2.24) is 0 Å². The fourth-order valence-corrected chi connectivity index (χ4v) is 2.04. The SMILES string of the molecule is Cc1ccc[n+]2c1N(CCC#N)C(O)C2. The van der Waals surface area contributed by atoms with Crippen LogP contribution in [0.2, 0.25) is 0 Å². The highest BCUT2D eigenvalue weighted by Crippen LogP contribution is 2.21. The molecule has 1 aromatic rings. The molecule has 0 bridgehead atoms. The Balaban J connectivity index is 2.32. The van der Waals surface area contributed by atoms with E-state index >= 15 is 0 Å². The summed E-state index contributed by atoms with van der Waals surface area (Å²) in [4.78, 5) is 1.89. The molecule has 0 saturated heterocycles. The standard InChI is InChI=1S/C11H14N3O/c1-9-4-2-6-13-8-10(15)14(11(9)13)7-3-5-12/h2,4,6,10,15H,3,7-8H2,1H3/q+1. The highest BCUT2D eigenvalue weighted by atomic mass is 16.3. The quantitative estimate of drug-likeness (QED) is 0.706. The van der Waals surface area contributed by atoms with Gasteiger partial charge in [0.1, 0.15) is 6.54 Å². The molecule has 0 radical (unpaired) electrons. The number of anilines is 1. The average Bonchev–Trinajstić information content (AvgIpc) is 2.53. The Kier molecular flexibility index (Phi) is 2.57. The molecular formula is C11H14N3O+. The Morgan fingerprint density at radius 3 is 3.27 bits per heavy atom. The number of hydrogen-bond donors (Lipinski definition) is 1. The van der Waals surface area contributed by atoms with Gasteiger partial charge in [0.15, 0.2) is 6.54 Å². The van der Waals surface area contributed by atoms with Crippen LogP contribution in [0.1, 0.15) is 12.0 Å². The van der Waals surface area contributed by atoms with Crippen LogP contribution >= 0.6 is 0 Å². The third-order valence-corrected chi connectivity index (χ3v) is 2.69. The summed E-state index contributed by atoms with van der Waals surface area (Å²) in [5, 5.41) is 18.4. The van der Waals surface area contributed by atoms with Crippen molar-refractivity contribution in [1.29, 1.82) is 5.26 Å². The Labute approximate surface area is 89.0 Å². The van der Waals surface area contributed by atoms with Crippen LogP contribution < -0.4 is 9.47 Å². The first kappa shape index (κ1) is 9.94. The number of hydrogen-bond acceptors (Lipinski definition) is 3. The molecule has 0 aromatic carbocycles. The minimum atomic E-state index is -0.501. The second-order valence-corrected chi connectivity index (χ2v) is 3.75. The normalized spacial score (nSPS) is 18.7. The predicted molar refractivity (Wildman–Crippen MR) is 55.0 cm³/mol. The molecule has 0 amide bonds. The molecule has 2 rings (SSSR count). The first-order valence-electron chi connectivity index (χ1n) is 5.05. The van der Waals surface area contributed by atoms with Gasteiger partial charge in [0.2, 0.25) is 6.23 Å². The zero-order valence-electron chi connectivity index (χ0n) is 8.72. The van der Waals surface area contributed by atoms with E-state index in [1.54, 1.807) is 0 Å². The number of fused-ring (bicyclic) bond motifs is 1. The Hall–Kier alpha value is -1.60. The molecule has 1 aromatic heterocycles. The molecule has 0 saturated carbocycles. The van der Waals surface area contributed by atoms with Gasteiger partial charge in [-0.25, -0.2) is 9.47 Å². The van der Waals surface area contributed by atoms with Gasteiger partial charge in [-0.3, -0.25) is 0 Å². The molecular weight excluding hydrogens is 190 g/mol. The van der Waals surface area contributed by atoms with Crippen molar-refractivity contribution in [3.63, 3.8) is 0 Å². The molecule has 2 heterocycles. The van der Waals surface area contributed by atoms with E-state index in [1.807, 2.05) is 34.7 Å². The van der Waals surface area contributed by atoms with Crippen LogP contribution in [0.25, 0.3) is 0 Å². The monoisotopic (exact) mass is 204 g/mol. The van der Waals surface area contributed by atoms with Crippen LogP contribution in [0.3, 0.4) is 0 Å². The van der Waals surface area contributed by atoms with Gasteiger partial charge in [0.05, 0.1) is 18.7 Å². The highest BCUT2D eigenvalue weighted by molar-refractivity contribution is 5.43. The van der Waals surface area contributed by atoms with Crippen LogP contribution in [0.4, 0.5) is 5.82 Å². The van der Waals surface area contributed by atoms with E-state index in [0.717, 1.165) is 11.4 Å². The highest BCUT2D eigenvalue weighted by Gasteiger charge is 2.36. The molecule has 1 unspecified atom stereocenters. The molecule has 15 heavy (non-hydrogen) atoms. The zero-order valence-corrected chi connectivity index (χ0v) is 8.72. The summed E-state index contributed by atoms with van der Waals surface area (Å²) >= 11 is 0. The third-order valence-electron chi connectivity index (χ3n) is 2.69. The van der Waals surface area contributed by atoms with Crippen molar-refractivity contribution in [3.05, 3.63) is 23.9 Å². The predicted octanol–water partition coefficient (Wildman–Crippen LogP) is 0.335. The number of aliphatic hydroxyl groups excluding tert-OH is 1. The molecule has 1 aliphatic heterocycles. The van der Waals surface area contributed by atoms with E-state index in [4.69, 9.17) is 5.26 Å². The molecule has 1 atom stereocenters. The van der Waals surface area contributed by atoms with E-state index in [9.17, 15) is 5.11 Å². The molecule has 0 spiro atoms. The third kappa shape index (κ3) is 1.66. The van der Waals surface area contributed by atoms with Gasteiger partial charge in [0, 0.05) is 5.56 Å². The minimum Gasteiger partial charge on any atom is -0.352 e. The molecule has 1 aliphatic rings. The average molecular weight is 204 g/mol. The maximum atomic E-state index is 9.86. The number of aryl methyl sites for hydroxylation is 1. The molecule has 0 fully saturated rings. The van der Waals surface area contributed by atoms with Crippen LogP contribution in [-0.4, -0.2) is 17.9 Å². The van der Waals surface area contributed by atoms with Crippen LogP contribution in [-0.2, 0) is 6.54 Å². The van der Waals surface area contributed by atoms with Crippen LogP contribution in [0.15, 0.2) is 18.3 Å². The van der Waals surface area contributed by atoms with Crippen molar-refractivity contribution < 1.29 is 9.67 Å². The van der Waals surface area contributed by atoms with Gasteiger partial charge in [-0.1, -0.05) is 0 Å². The Morgan fingerprint density at radius 2 is 2.53 bits per heavy atom. The van der Waals surface area contributed by atoms with E-state index < -0.39 is 6.23 Å². The largest absolute Gasteiger partial charge is 0.352 e. The Morgan fingerprint density at radius 1 is 1.73 bits per heavy atom. The van der Waals surface area contributed by atoms with Gasteiger partial charge in [-0.05, 0) is 19.1 Å². The van der Waals surface area contributed by atoms with E-state index in [2.05, 4.69) is 6.07 Å². The lowest BCUT2D eigenvalue weighted by atomic mass is 10.2. The smallest absolute Gasteiger partial charge is 0.282 e. The van der Waals surface area contributed by atoms with Gasteiger partial charge in [0.25, 0.3) is 5.82 Å². The van der Waals surface area contributed by atoms with E-state index in [0.29, 0.717) is 19.5 Å². The minimum absolute atomic E-state index is 0.436. The number of nitrogens with zero attached hydrogens (tertiary/aromatic N) is 3. The lowest BCUT2D eigenvalue weighted by Gasteiger charge is -2.13. The maximum Gasteiger partial charge on any atom is 0.282 e. The number of pyridine rings is 1. The number of aliphatic hydroxyl groups is 1. The molecule has 4 heteroatoms. The lowest BCUT2D eigenvalue weighted by Crippen LogP contribution is -2.33. The maximum absolute atomic E-state index is 9.86. The second kappa shape index (κ2) is 3.87. The fourth-order valence-electron chi connectivity index (χ4n) is 2.04. The van der Waals surface area contributed by atoms with Crippen molar-refractivity contribution >= 4 is 5.82 Å². The first-order valence-corrected chi connectivity index (χ1v) is 5.05. The van der Waals surface area contributed by atoms with Crippen molar-refractivity contribution in [2.45, 2.75) is 26.1 Å². The van der Waals surface area contributed by atoms with Crippen molar-refractivity contribution in [3.8, 4) is 6.07 Å². The van der Waals surface area contributed by atoms with E-state index in [1.165, 1.54) is 0 Å². The molecule has 78 valence electrons. The summed E-state index contributed by atoms with van der Waals surface area (Å²) in [5.74, 6) is 1.03. The van der Waals surface area contributed by atoms with Crippen LogP contribution in [0, 0.1) is 18.3 Å². The van der Waals surface area contributed by atoms with Gasteiger partial charge in [-0.15, -0.1) is 0 Å². The molecule has 0 aliphatic carbocycles. The van der Waals surface area contributed by atoms with Crippen molar-refractivity contribution in [2.24, 2.45) is 0 Å². The van der Waals surface area contributed by atoms with Crippen molar-refractivity contribution in [2.75, 3.05) is 11.4 Å². The number of nitriles is 1. The summed E-state index contributed by atoms with van der Waals surface area (Å²) in [6.07, 6.45) is 1.89. The zero-order chi connectivity index (χ0) is 10.8. The second-order valence-electron chi connectivity index (χ2n) is 3.75. The number of aromatic nitrogens is 1. The summed E-state index contributed by atoms with van der Waals surface area (Å²) < 4.78 is 2.03. The van der Waals surface area contributed by atoms with Crippen LogP contribution in [0.5, 0.6) is 0 Å². The summed E-state index contributed by atoms with van der Waals surface area (Å²) in [6, 6.07) is 6.09. The Bertz CT molecular complexity index is 411. The molecule has 1 N–H and O–H groups in total.